The van der Waals surface area contributed by atoms with Gasteiger partial charge in [0.1, 0.15) is 5.82 Å². The molecule has 3 rings (SSSR count). The van der Waals surface area contributed by atoms with E-state index in [1.165, 1.54) is 29.7 Å². The highest BCUT2D eigenvalue weighted by molar-refractivity contribution is 5.51. The number of aromatic nitrogens is 1. The first-order valence-electron chi connectivity index (χ1n) is 7.51. The van der Waals surface area contributed by atoms with Gasteiger partial charge in [0.05, 0.1) is 0 Å². The number of nitrogens with zero attached hydrogens (tertiary/aromatic N) is 3. The SMILES string of the molecule is CCN1CCN(c2nc3c(cc2CN)CCC3)CC1. The summed E-state index contributed by atoms with van der Waals surface area (Å²) < 4.78 is 0. The summed E-state index contributed by atoms with van der Waals surface area (Å²) in [5.74, 6) is 1.15. The Morgan fingerprint density at radius 2 is 2.00 bits per heavy atom. The van der Waals surface area contributed by atoms with E-state index in [2.05, 4.69) is 22.8 Å². The standard InChI is InChI=1S/C15H24N4/c1-2-18-6-8-19(9-7-18)15-13(11-16)10-12-4-3-5-14(12)17-15/h10H,2-9,11,16H2,1H3. The molecule has 0 saturated carbocycles. The summed E-state index contributed by atoms with van der Waals surface area (Å²) in [5, 5.41) is 0. The summed E-state index contributed by atoms with van der Waals surface area (Å²) in [7, 11) is 0. The van der Waals surface area contributed by atoms with E-state index in [0.29, 0.717) is 6.54 Å². The maximum atomic E-state index is 5.93. The molecule has 1 aromatic rings. The number of nitrogens with two attached hydrogens (primary N) is 1. The van der Waals surface area contributed by atoms with E-state index < -0.39 is 0 Å². The number of likely N-dealkylation sites (N-methyl/N-ethyl adjacent to an activating group) is 1. The van der Waals surface area contributed by atoms with Crippen LogP contribution in [0.2, 0.25) is 0 Å². The van der Waals surface area contributed by atoms with Crippen molar-refractivity contribution < 1.29 is 0 Å². The van der Waals surface area contributed by atoms with Gasteiger partial charge >= 0.3 is 0 Å². The van der Waals surface area contributed by atoms with Crippen molar-refractivity contribution in [3.05, 3.63) is 22.9 Å². The summed E-state index contributed by atoms with van der Waals surface area (Å²) in [4.78, 5) is 9.84. The molecular weight excluding hydrogens is 236 g/mol. The third-order valence-electron chi connectivity index (χ3n) is 4.45. The molecular formula is C15H24N4. The molecule has 0 atom stereocenters. The highest BCUT2D eigenvalue weighted by atomic mass is 15.3. The second-order valence-electron chi connectivity index (χ2n) is 5.56. The summed E-state index contributed by atoms with van der Waals surface area (Å²) in [6.45, 7) is 8.41. The summed E-state index contributed by atoms with van der Waals surface area (Å²) in [6, 6.07) is 2.30. The molecule has 19 heavy (non-hydrogen) atoms. The van der Waals surface area contributed by atoms with E-state index in [4.69, 9.17) is 10.7 Å². The predicted octanol–water partition coefficient (Wildman–Crippen LogP) is 1.17. The minimum absolute atomic E-state index is 0.601. The van der Waals surface area contributed by atoms with Crippen molar-refractivity contribution in [2.24, 2.45) is 5.73 Å². The van der Waals surface area contributed by atoms with Crippen LogP contribution in [0.4, 0.5) is 5.82 Å². The topological polar surface area (TPSA) is 45.4 Å². The van der Waals surface area contributed by atoms with Crippen LogP contribution in [0.3, 0.4) is 0 Å². The average Bonchev–Trinajstić information content (AvgIpc) is 2.93. The second-order valence-corrected chi connectivity index (χ2v) is 5.56. The molecule has 1 aromatic heterocycles. The lowest BCUT2D eigenvalue weighted by molar-refractivity contribution is 0.270. The Labute approximate surface area is 115 Å². The number of piperazine rings is 1. The molecule has 0 aromatic carbocycles. The molecule has 1 aliphatic carbocycles. The number of fused-ring (bicyclic) bond motifs is 1. The zero-order chi connectivity index (χ0) is 13.2. The van der Waals surface area contributed by atoms with Crippen LogP contribution in [0, 0.1) is 0 Å². The Bertz CT molecular complexity index is 450. The highest BCUT2D eigenvalue weighted by Crippen LogP contribution is 2.27. The van der Waals surface area contributed by atoms with Gasteiger partial charge in [-0.2, -0.15) is 0 Å². The van der Waals surface area contributed by atoms with Gasteiger partial charge in [-0.25, -0.2) is 4.98 Å². The lowest BCUT2D eigenvalue weighted by Gasteiger charge is -2.35. The third-order valence-corrected chi connectivity index (χ3v) is 4.45. The minimum atomic E-state index is 0.601. The van der Waals surface area contributed by atoms with Crippen molar-refractivity contribution in [2.45, 2.75) is 32.7 Å². The minimum Gasteiger partial charge on any atom is -0.354 e. The van der Waals surface area contributed by atoms with Crippen molar-refractivity contribution >= 4 is 5.82 Å². The number of hydrogen-bond acceptors (Lipinski definition) is 4. The third kappa shape index (κ3) is 2.47. The molecule has 0 amide bonds. The number of pyridine rings is 1. The van der Waals surface area contributed by atoms with Crippen molar-refractivity contribution in [2.75, 3.05) is 37.6 Å². The van der Waals surface area contributed by atoms with Crippen LogP contribution in [0.15, 0.2) is 6.07 Å². The maximum Gasteiger partial charge on any atom is 0.133 e. The van der Waals surface area contributed by atoms with Gasteiger partial charge in [-0.3, -0.25) is 0 Å². The van der Waals surface area contributed by atoms with Gasteiger partial charge in [0.15, 0.2) is 0 Å². The van der Waals surface area contributed by atoms with Crippen LogP contribution >= 0.6 is 0 Å². The van der Waals surface area contributed by atoms with Gasteiger partial charge in [0.2, 0.25) is 0 Å². The van der Waals surface area contributed by atoms with Gasteiger partial charge < -0.3 is 15.5 Å². The molecule has 1 aliphatic heterocycles. The molecule has 1 saturated heterocycles. The molecule has 2 aliphatic rings. The first-order valence-corrected chi connectivity index (χ1v) is 7.51. The number of rotatable bonds is 3. The molecule has 4 heteroatoms. The monoisotopic (exact) mass is 260 g/mol. The predicted molar refractivity (Wildman–Crippen MR) is 78.5 cm³/mol. The smallest absolute Gasteiger partial charge is 0.133 e. The van der Waals surface area contributed by atoms with Crippen molar-refractivity contribution in [1.82, 2.24) is 9.88 Å². The molecule has 1 fully saturated rings. The number of aryl methyl sites for hydroxylation is 2. The quantitative estimate of drug-likeness (QED) is 0.886. The normalized spacial score (nSPS) is 19.8. The fraction of sp³-hybridized carbons (Fsp3) is 0.667. The van der Waals surface area contributed by atoms with Gasteiger partial charge in [0, 0.05) is 44.0 Å². The second kappa shape index (κ2) is 5.47. The Balaban J connectivity index is 1.84. The van der Waals surface area contributed by atoms with Crippen LogP contribution in [0.5, 0.6) is 0 Å². The largest absolute Gasteiger partial charge is 0.354 e. The van der Waals surface area contributed by atoms with Crippen molar-refractivity contribution in [3.8, 4) is 0 Å². The summed E-state index contributed by atoms with van der Waals surface area (Å²) in [6.07, 6.45) is 3.57. The Kier molecular flexibility index (Phi) is 3.71. The fourth-order valence-corrected chi connectivity index (χ4v) is 3.21. The average molecular weight is 260 g/mol. The van der Waals surface area contributed by atoms with Crippen molar-refractivity contribution in [3.63, 3.8) is 0 Å². The fourth-order valence-electron chi connectivity index (χ4n) is 3.21. The molecule has 104 valence electrons. The maximum absolute atomic E-state index is 5.93. The zero-order valence-electron chi connectivity index (χ0n) is 11.9. The van der Waals surface area contributed by atoms with E-state index >= 15 is 0 Å². The zero-order valence-corrected chi connectivity index (χ0v) is 11.9. The van der Waals surface area contributed by atoms with Gasteiger partial charge in [-0.05, 0) is 37.4 Å². The number of hydrogen-bond donors (Lipinski definition) is 1. The molecule has 0 bridgehead atoms. The highest BCUT2D eigenvalue weighted by Gasteiger charge is 2.22. The number of anilines is 1. The Morgan fingerprint density at radius 3 is 2.68 bits per heavy atom. The first kappa shape index (κ1) is 12.9. The summed E-state index contributed by atoms with van der Waals surface area (Å²) >= 11 is 0. The Hall–Kier alpha value is -1.13. The van der Waals surface area contributed by atoms with E-state index in [0.717, 1.165) is 45.0 Å². The van der Waals surface area contributed by atoms with Crippen molar-refractivity contribution in [1.29, 1.82) is 0 Å². The van der Waals surface area contributed by atoms with Crippen LogP contribution < -0.4 is 10.6 Å². The lowest BCUT2D eigenvalue weighted by atomic mass is 10.1. The molecule has 0 radical (unpaired) electrons. The van der Waals surface area contributed by atoms with Gasteiger partial charge in [0.25, 0.3) is 0 Å². The van der Waals surface area contributed by atoms with E-state index in [1.807, 2.05) is 0 Å². The Morgan fingerprint density at radius 1 is 1.21 bits per heavy atom. The van der Waals surface area contributed by atoms with E-state index in [-0.39, 0.29) is 0 Å². The van der Waals surface area contributed by atoms with Crippen LogP contribution in [-0.4, -0.2) is 42.6 Å². The van der Waals surface area contributed by atoms with Gasteiger partial charge in [-0.15, -0.1) is 0 Å². The van der Waals surface area contributed by atoms with Crippen LogP contribution in [0.25, 0.3) is 0 Å². The molecule has 2 N–H and O–H groups in total. The van der Waals surface area contributed by atoms with E-state index in [1.54, 1.807) is 0 Å². The van der Waals surface area contributed by atoms with Crippen LogP contribution in [-0.2, 0) is 19.4 Å². The van der Waals surface area contributed by atoms with Crippen LogP contribution in [0.1, 0.15) is 30.2 Å². The molecule has 4 nitrogen and oxygen atoms in total. The van der Waals surface area contributed by atoms with Gasteiger partial charge in [-0.1, -0.05) is 6.92 Å². The van der Waals surface area contributed by atoms with E-state index in [9.17, 15) is 0 Å². The first-order chi connectivity index (χ1) is 9.31. The molecule has 2 heterocycles. The molecule has 0 spiro atoms. The summed E-state index contributed by atoms with van der Waals surface area (Å²) in [5.41, 5.74) is 9.89. The lowest BCUT2D eigenvalue weighted by Crippen LogP contribution is -2.46. The molecule has 0 unspecified atom stereocenters.